The summed E-state index contributed by atoms with van der Waals surface area (Å²) >= 11 is 0. The Morgan fingerprint density at radius 2 is 1.78 bits per heavy atom. The van der Waals surface area contributed by atoms with E-state index in [1.165, 1.54) is 43.5 Å². The van der Waals surface area contributed by atoms with Crippen LogP contribution in [0.5, 0.6) is 0 Å². The van der Waals surface area contributed by atoms with Crippen LogP contribution in [-0.2, 0) is 0 Å². The average molecular weight is 246 g/mol. The molecule has 0 unspecified atom stereocenters. The van der Waals surface area contributed by atoms with Crippen molar-refractivity contribution in [2.45, 2.75) is 40.0 Å². The van der Waals surface area contributed by atoms with E-state index in [4.69, 9.17) is 5.26 Å². The Bertz CT molecular complexity index is 335. The molecule has 1 fully saturated rings. The monoisotopic (exact) mass is 246 g/mol. The van der Waals surface area contributed by atoms with Gasteiger partial charge in [-0.25, -0.2) is 0 Å². The summed E-state index contributed by atoms with van der Waals surface area (Å²) in [5.41, 5.74) is 3.32. The second-order valence-electron chi connectivity index (χ2n) is 4.63. The zero-order valence-electron chi connectivity index (χ0n) is 12.1. The zero-order valence-corrected chi connectivity index (χ0v) is 12.1. The smallest absolute Gasteiger partial charge is 0.0991 e. The molecule has 0 aromatic heterocycles. The maximum Gasteiger partial charge on any atom is 0.0991 e. The molecule has 0 aliphatic carbocycles. The summed E-state index contributed by atoms with van der Waals surface area (Å²) in [5.74, 6) is 0. The molecule has 100 valence electrons. The van der Waals surface area contributed by atoms with Crippen LogP contribution in [0.15, 0.2) is 36.0 Å². The number of piperidine rings is 1. The number of nitrogens with zero attached hydrogens (tertiary/aromatic N) is 2. The predicted octanol–water partition coefficient (Wildman–Crippen LogP) is 4.08. The number of nitriles is 1. The largest absolute Gasteiger partial charge is 0.299 e. The third kappa shape index (κ3) is 5.33. The summed E-state index contributed by atoms with van der Waals surface area (Å²) in [6, 6.07) is 2.30. The molecule has 0 radical (unpaired) electrons. The van der Waals surface area contributed by atoms with Crippen LogP contribution in [0.2, 0.25) is 0 Å². The summed E-state index contributed by atoms with van der Waals surface area (Å²) in [4.78, 5) is 2.46. The first-order chi connectivity index (χ1) is 8.69. The summed E-state index contributed by atoms with van der Waals surface area (Å²) in [6.45, 7) is 15.4. The Hall–Kier alpha value is -1.33. The van der Waals surface area contributed by atoms with E-state index in [1.807, 2.05) is 13.0 Å². The second kappa shape index (κ2) is 9.67. The van der Waals surface area contributed by atoms with Crippen molar-refractivity contribution in [3.8, 4) is 6.07 Å². The minimum absolute atomic E-state index is 0.838. The van der Waals surface area contributed by atoms with E-state index in [0.29, 0.717) is 0 Å². The van der Waals surface area contributed by atoms with Crippen molar-refractivity contribution < 1.29 is 0 Å². The molecule has 0 bridgehead atoms. The van der Waals surface area contributed by atoms with E-state index in [0.717, 1.165) is 12.1 Å². The van der Waals surface area contributed by atoms with Gasteiger partial charge in [0.05, 0.1) is 11.6 Å². The highest BCUT2D eigenvalue weighted by molar-refractivity contribution is 5.44. The number of hydrogen-bond donors (Lipinski definition) is 0. The maximum atomic E-state index is 9.10. The van der Waals surface area contributed by atoms with Crippen LogP contribution in [0.1, 0.15) is 40.0 Å². The van der Waals surface area contributed by atoms with Crippen LogP contribution < -0.4 is 0 Å². The summed E-state index contributed by atoms with van der Waals surface area (Å²) < 4.78 is 0. The van der Waals surface area contributed by atoms with Gasteiger partial charge in [-0.05, 0) is 52.3 Å². The lowest BCUT2D eigenvalue weighted by Gasteiger charge is -2.27. The lowest BCUT2D eigenvalue weighted by molar-refractivity contribution is 0.247. The molecule has 1 aliphatic heterocycles. The maximum absolute atomic E-state index is 9.10. The Morgan fingerprint density at radius 1 is 1.22 bits per heavy atom. The van der Waals surface area contributed by atoms with Crippen LogP contribution in [0.25, 0.3) is 0 Å². The number of allylic oxidation sites excluding steroid dienone is 2. The minimum Gasteiger partial charge on any atom is -0.299 e. The molecule has 0 aromatic carbocycles. The molecule has 0 N–H and O–H groups in total. The fraction of sp³-hybridized carbons (Fsp3) is 0.562. The lowest BCUT2D eigenvalue weighted by atomic mass is 10.0. The molecule has 0 atom stereocenters. The van der Waals surface area contributed by atoms with Gasteiger partial charge in [-0.1, -0.05) is 18.1 Å². The molecular weight excluding hydrogens is 220 g/mol. The van der Waals surface area contributed by atoms with Gasteiger partial charge < -0.3 is 0 Å². The topological polar surface area (TPSA) is 27.0 Å². The lowest BCUT2D eigenvalue weighted by Crippen LogP contribution is -2.32. The fourth-order valence-electron chi connectivity index (χ4n) is 2.16. The van der Waals surface area contributed by atoms with Crippen molar-refractivity contribution in [1.29, 1.82) is 5.26 Å². The number of rotatable bonds is 3. The van der Waals surface area contributed by atoms with Crippen LogP contribution >= 0.6 is 0 Å². The normalized spacial score (nSPS) is 16.2. The number of hydrogen-bond acceptors (Lipinski definition) is 2. The quantitative estimate of drug-likeness (QED) is 0.426. The minimum atomic E-state index is 0.838. The summed E-state index contributed by atoms with van der Waals surface area (Å²) in [5, 5.41) is 9.10. The van der Waals surface area contributed by atoms with Crippen molar-refractivity contribution in [3.05, 3.63) is 36.0 Å². The molecule has 0 spiro atoms. The first-order valence-corrected chi connectivity index (χ1v) is 6.64. The summed E-state index contributed by atoms with van der Waals surface area (Å²) in [7, 11) is 0. The van der Waals surface area contributed by atoms with Gasteiger partial charge in [0.1, 0.15) is 0 Å². The SMILES string of the molecule is C/C=C(/C#N)C(CN1CCCCC1)=C(C)C.C=C. The van der Waals surface area contributed by atoms with Crippen molar-refractivity contribution in [3.63, 3.8) is 0 Å². The van der Waals surface area contributed by atoms with Crippen molar-refractivity contribution in [2.24, 2.45) is 0 Å². The molecule has 1 aliphatic rings. The van der Waals surface area contributed by atoms with Gasteiger partial charge in [0, 0.05) is 6.54 Å². The molecule has 2 heteroatoms. The predicted molar refractivity (Wildman–Crippen MR) is 79.3 cm³/mol. The molecular formula is C16H26N2. The van der Waals surface area contributed by atoms with E-state index >= 15 is 0 Å². The van der Waals surface area contributed by atoms with E-state index < -0.39 is 0 Å². The molecule has 1 heterocycles. The van der Waals surface area contributed by atoms with Gasteiger partial charge in [0.15, 0.2) is 0 Å². The molecule has 2 nitrogen and oxygen atoms in total. The first-order valence-electron chi connectivity index (χ1n) is 6.64. The standard InChI is InChI=1S/C14H22N2.C2H4/c1-4-13(10-15)14(12(2)3)11-16-8-6-5-7-9-16;1-2/h4H,5-9,11H2,1-3H3;1-2H2/b13-4-;. The second-order valence-corrected chi connectivity index (χ2v) is 4.63. The van der Waals surface area contributed by atoms with Crippen molar-refractivity contribution in [2.75, 3.05) is 19.6 Å². The van der Waals surface area contributed by atoms with E-state index in [-0.39, 0.29) is 0 Å². The van der Waals surface area contributed by atoms with Crippen molar-refractivity contribution >= 4 is 0 Å². The third-order valence-corrected chi connectivity index (χ3v) is 3.17. The van der Waals surface area contributed by atoms with E-state index in [9.17, 15) is 0 Å². The van der Waals surface area contributed by atoms with Gasteiger partial charge in [-0.3, -0.25) is 4.90 Å². The molecule has 0 amide bonds. The molecule has 1 saturated heterocycles. The first kappa shape index (κ1) is 16.7. The fourth-order valence-corrected chi connectivity index (χ4v) is 2.16. The molecule has 0 saturated carbocycles. The van der Waals surface area contributed by atoms with Crippen molar-refractivity contribution in [1.82, 2.24) is 4.90 Å². The van der Waals surface area contributed by atoms with Crippen LogP contribution in [-0.4, -0.2) is 24.5 Å². The van der Waals surface area contributed by atoms with Gasteiger partial charge in [-0.15, -0.1) is 13.2 Å². The zero-order chi connectivity index (χ0) is 14.0. The third-order valence-electron chi connectivity index (χ3n) is 3.17. The van der Waals surface area contributed by atoms with E-state index in [2.05, 4.69) is 38.0 Å². The highest BCUT2D eigenvalue weighted by atomic mass is 15.1. The summed E-state index contributed by atoms with van der Waals surface area (Å²) in [6.07, 6.45) is 5.88. The van der Waals surface area contributed by atoms with E-state index in [1.54, 1.807) is 0 Å². The highest BCUT2D eigenvalue weighted by Crippen LogP contribution is 2.18. The average Bonchev–Trinajstić information content (AvgIpc) is 2.42. The number of likely N-dealkylation sites (tertiary alicyclic amines) is 1. The van der Waals surface area contributed by atoms with Gasteiger partial charge in [0.2, 0.25) is 0 Å². The van der Waals surface area contributed by atoms with Crippen LogP contribution in [0.3, 0.4) is 0 Å². The Labute approximate surface area is 112 Å². The van der Waals surface area contributed by atoms with Crippen LogP contribution in [0, 0.1) is 11.3 Å². The van der Waals surface area contributed by atoms with Gasteiger partial charge in [-0.2, -0.15) is 5.26 Å². The van der Waals surface area contributed by atoms with Gasteiger partial charge >= 0.3 is 0 Å². The molecule has 18 heavy (non-hydrogen) atoms. The Balaban J connectivity index is 0.00000137. The Morgan fingerprint density at radius 3 is 2.17 bits per heavy atom. The highest BCUT2D eigenvalue weighted by Gasteiger charge is 2.14. The molecule has 1 rings (SSSR count). The van der Waals surface area contributed by atoms with Crippen LogP contribution in [0.4, 0.5) is 0 Å². The molecule has 0 aromatic rings. The van der Waals surface area contributed by atoms with Gasteiger partial charge in [0.25, 0.3) is 0 Å². The Kier molecular flexibility index (Phi) is 8.96.